The molecule has 1 aliphatic carbocycles. The summed E-state index contributed by atoms with van der Waals surface area (Å²) < 4.78 is 5.27. The van der Waals surface area contributed by atoms with Gasteiger partial charge in [-0.2, -0.15) is 5.26 Å². The van der Waals surface area contributed by atoms with Crippen molar-refractivity contribution in [1.29, 1.82) is 5.26 Å². The third-order valence-corrected chi connectivity index (χ3v) is 6.89. The number of rotatable bonds is 6. The molecule has 0 aromatic heterocycles. The molecule has 0 amide bonds. The normalized spacial score (nSPS) is 20.2. The van der Waals surface area contributed by atoms with Crippen molar-refractivity contribution >= 4 is 11.5 Å². The summed E-state index contributed by atoms with van der Waals surface area (Å²) in [5.41, 5.74) is 6.43. The van der Waals surface area contributed by atoms with E-state index in [0.29, 0.717) is 12.0 Å². The van der Waals surface area contributed by atoms with Gasteiger partial charge in [0.2, 0.25) is 0 Å². The number of Topliss-reactive ketones (excluding diaryl/α,β-unsaturated/α-hetero) is 1. The molecule has 5 nitrogen and oxygen atoms in total. The van der Waals surface area contributed by atoms with Crippen molar-refractivity contribution in [2.24, 2.45) is 0 Å². The van der Waals surface area contributed by atoms with E-state index in [0.717, 1.165) is 59.0 Å². The van der Waals surface area contributed by atoms with Crippen LogP contribution in [0.1, 0.15) is 56.6 Å². The van der Waals surface area contributed by atoms with Crippen molar-refractivity contribution in [3.8, 4) is 11.8 Å². The van der Waals surface area contributed by atoms with E-state index >= 15 is 0 Å². The topological polar surface area (TPSA) is 65.4 Å². The molecule has 0 saturated carbocycles. The summed E-state index contributed by atoms with van der Waals surface area (Å²) in [6.45, 7) is 8.09. The molecule has 1 aliphatic heterocycles. The van der Waals surface area contributed by atoms with Crippen molar-refractivity contribution in [3.63, 3.8) is 0 Å². The van der Waals surface area contributed by atoms with Crippen molar-refractivity contribution in [3.05, 3.63) is 82.2 Å². The predicted octanol–water partition coefficient (Wildman–Crippen LogP) is 5.43. The van der Waals surface area contributed by atoms with Gasteiger partial charge in [-0.15, -0.1) is 0 Å². The molecule has 1 N–H and O–H groups in total. The van der Waals surface area contributed by atoms with Crippen LogP contribution in [-0.2, 0) is 4.79 Å². The van der Waals surface area contributed by atoms with Gasteiger partial charge >= 0.3 is 0 Å². The molecule has 0 unspecified atom stereocenters. The number of hydrogen-bond acceptors (Lipinski definition) is 5. The van der Waals surface area contributed by atoms with Gasteiger partial charge in [0.25, 0.3) is 0 Å². The number of benzene rings is 2. The number of nitrogens with one attached hydrogen (secondary N) is 1. The Morgan fingerprint density at radius 1 is 1.03 bits per heavy atom. The number of nitriles is 1. The molecule has 2 atom stereocenters. The molecule has 0 radical (unpaired) electrons. The number of carbonyl (C=O) groups is 1. The average molecular weight is 442 g/mol. The molecule has 1 heterocycles. The van der Waals surface area contributed by atoms with Crippen LogP contribution in [0.4, 0.5) is 5.69 Å². The first kappa shape index (κ1) is 22.7. The Labute approximate surface area is 196 Å². The standard InChI is InChI=1S/C28H31N3O2/c1-5-31(6-2)22-11-7-20(8-12-22)27-24(17-29)18(3)30-25-15-21(16-26(32)28(25)27)19-9-13-23(33-4)14-10-19/h7-14,21,27,30H,5-6,15-16H2,1-4H3/t21-,27-/m1/s1. The minimum Gasteiger partial charge on any atom is -0.497 e. The van der Waals surface area contributed by atoms with Crippen LogP contribution in [0.15, 0.2) is 71.1 Å². The number of ether oxygens (including phenoxy) is 1. The van der Waals surface area contributed by atoms with Crippen LogP contribution >= 0.6 is 0 Å². The highest BCUT2D eigenvalue weighted by Crippen LogP contribution is 2.45. The number of methoxy groups -OCH3 is 1. The third kappa shape index (κ3) is 4.26. The zero-order chi connectivity index (χ0) is 23.5. The smallest absolute Gasteiger partial charge is 0.162 e. The molecule has 5 heteroatoms. The Morgan fingerprint density at radius 3 is 2.24 bits per heavy atom. The van der Waals surface area contributed by atoms with E-state index in [-0.39, 0.29) is 17.6 Å². The Hall–Kier alpha value is -3.52. The van der Waals surface area contributed by atoms with Crippen molar-refractivity contribution < 1.29 is 9.53 Å². The number of carbonyl (C=O) groups excluding carboxylic acids is 1. The van der Waals surface area contributed by atoms with Crippen LogP contribution in [0.3, 0.4) is 0 Å². The number of ketones is 1. The maximum Gasteiger partial charge on any atom is 0.162 e. The lowest BCUT2D eigenvalue weighted by Crippen LogP contribution is -2.33. The lowest BCUT2D eigenvalue weighted by atomic mass is 9.72. The highest BCUT2D eigenvalue weighted by Gasteiger charge is 2.38. The summed E-state index contributed by atoms with van der Waals surface area (Å²) in [6, 6.07) is 18.7. The molecule has 0 spiro atoms. The summed E-state index contributed by atoms with van der Waals surface area (Å²) in [6.07, 6.45) is 1.19. The molecule has 170 valence electrons. The van der Waals surface area contributed by atoms with Gasteiger partial charge in [-0.05, 0) is 68.5 Å². The fourth-order valence-corrected chi connectivity index (χ4v) is 5.10. The van der Waals surface area contributed by atoms with Crippen LogP contribution in [0.25, 0.3) is 0 Å². The molecular weight excluding hydrogens is 410 g/mol. The summed E-state index contributed by atoms with van der Waals surface area (Å²) >= 11 is 0. The molecule has 2 aromatic rings. The Balaban J connectivity index is 1.70. The highest BCUT2D eigenvalue weighted by molar-refractivity contribution is 6.00. The van der Waals surface area contributed by atoms with E-state index in [1.165, 1.54) is 0 Å². The van der Waals surface area contributed by atoms with Gasteiger partial charge < -0.3 is 15.0 Å². The van der Waals surface area contributed by atoms with Gasteiger partial charge in [0, 0.05) is 42.2 Å². The first-order chi connectivity index (χ1) is 16.0. The average Bonchev–Trinajstić information content (AvgIpc) is 2.84. The van der Waals surface area contributed by atoms with E-state index in [2.05, 4.69) is 54.4 Å². The quantitative estimate of drug-likeness (QED) is 0.648. The van der Waals surface area contributed by atoms with E-state index in [1.807, 2.05) is 31.2 Å². The zero-order valence-electron chi connectivity index (χ0n) is 19.8. The molecule has 0 bridgehead atoms. The van der Waals surface area contributed by atoms with Gasteiger partial charge in [0.1, 0.15) is 5.75 Å². The van der Waals surface area contributed by atoms with Crippen molar-refractivity contribution in [2.75, 3.05) is 25.1 Å². The van der Waals surface area contributed by atoms with Gasteiger partial charge in [0.15, 0.2) is 5.78 Å². The minimum absolute atomic E-state index is 0.108. The second-order valence-corrected chi connectivity index (χ2v) is 8.67. The summed E-state index contributed by atoms with van der Waals surface area (Å²) in [5, 5.41) is 13.4. The Bertz CT molecular complexity index is 1130. The van der Waals surface area contributed by atoms with E-state index in [1.54, 1.807) is 7.11 Å². The largest absolute Gasteiger partial charge is 0.497 e. The van der Waals surface area contributed by atoms with Crippen LogP contribution in [-0.4, -0.2) is 26.0 Å². The highest BCUT2D eigenvalue weighted by atomic mass is 16.5. The van der Waals surface area contributed by atoms with Crippen LogP contribution in [0.5, 0.6) is 5.75 Å². The predicted molar refractivity (Wildman–Crippen MR) is 131 cm³/mol. The SMILES string of the molecule is CCN(CC)c1ccc([C@@H]2C(C#N)=C(C)NC3=C2C(=O)C[C@H](c2ccc(OC)cc2)C3)cc1. The lowest BCUT2D eigenvalue weighted by Gasteiger charge is -2.36. The Kier molecular flexibility index (Phi) is 6.55. The third-order valence-electron chi connectivity index (χ3n) is 6.89. The lowest BCUT2D eigenvalue weighted by molar-refractivity contribution is -0.116. The van der Waals surface area contributed by atoms with E-state index in [9.17, 15) is 10.1 Å². The fraction of sp³-hybridized carbons (Fsp3) is 0.357. The maximum absolute atomic E-state index is 13.5. The second-order valence-electron chi connectivity index (χ2n) is 8.67. The number of anilines is 1. The second kappa shape index (κ2) is 9.54. The molecular formula is C28H31N3O2. The first-order valence-corrected chi connectivity index (χ1v) is 11.6. The van der Waals surface area contributed by atoms with Crippen LogP contribution in [0.2, 0.25) is 0 Å². The number of nitrogens with zero attached hydrogens (tertiary/aromatic N) is 2. The van der Waals surface area contributed by atoms with Crippen molar-refractivity contribution in [2.45, 2.75) is 45.4 Å². The van der Waals surface area contributed by atoms with E-state index in [4.69, 9.17) is 4.74 Å². The monoisotopic (exact) mass is 441 g/mol. The van der Waals surface area contributed by atoms with Crippen molar-refractivity contribution in [1.82, 2.24) is 5.32 Å². The van der Waals surface area contributed by atoms with Gasteiger partial charge in [-0.25, -0.2) is 0 Å². The molecule has 0 saturated heterocycles. The van der Waals surface area contributed by atoms with Crippen LogP contribution in [0, 0.1) is 11.3 Å². The summed E-state index contributed by atoms with van der Waals surface area (Å²) in [5.74, 6) is 0.711. The number of allylic oxidation sites excluding steroid dienone is 4. The maximum atomic E-state index is 13.5. The molecule has 2 aliphatic rings. The van der Waals surface area contributed by atoms with Gasteiger partial charge in [-0.1, -0.05) is 24.3 Å². The number of hydrogen-bond donors (Lipinski definition) is 1. The van der Waals surface area contributed by atoms with Gasteiger partial charge in [-0.3, -0.25) is 4.79 Å². The molecule has 4 rings (SSSR count). The molecule has 0 fully saturated rings. The first-order valence-electron chi connectivity index (χ1n) is 11.6. The number of dihydropyridines is 1. The zero-order valence-corrected chi connectivity index (χ0v) is 19.8. The van der Waals surface area contributed by atoms with Gasteiger partial charge in [0.05, 0.1) is 24.7 Å². The summed E-state index contributed by atoms with van der Waals surface area (Å²) in [4.78, 5) is 15.8. The van der Waals surface area contributed by atoms with Crippen LogP contribution < -0.4 is 15.0 Å². The minimum atomic E-state index is -0.318. The fourth-order valence-electron chi connectivity index (χ4n) is 5.10. The molecule has 33 heavy (non-hydrogen) atoms. The Morgan fingerprint density at radius 2 is 1.67 bits per heavy atom. The van der Waals surface area contributed by atoms with E-state index < -0.39 is 0 Å². The summed E-state index contributed by atoms with van der Waals surface area (Å²) in [7, 11) is 1.65. The molecule has 2 aromatic carbocycles.